The molecule has 224 valence electrons. The van der Waals surface area contributed by atoms with Crippen molar-refractivity contribution in [2.75, 3.05) is 20.8 Å². The van der Waals surface area contributed by atoms with Crippen molar-refractivity contribution in [3.63, 3.8) is 0 Å². The van der Waals surface area contributed by atoms with Gasteiger partial charge in [0.2, 0.25) is 5.88 Å². The van der Waals surface area contributed by atoms with Crippen LogP contribution < -0.4 is 15.0 Å². The normalized spacial score (nSPS) is 11.7. The minimum Gasteiger partial charge on any atom is -0.479 e. The van der Waals surface area contributed by atoms with Gasteiger partial charge in [0.1, 0.15) is 17.6 Å². The molecule has 0 aliphatic carbocycles. The monoisotopic (exact) mass is 608 g/mol. The van der Waals surface area contributed by atoms with Crippen molar-refractivity contribution in [1.82, 2.24) is 24.3 Å². The van der Waals surface area contributed by atoms with Crippen LogP contribution in [0.25, 0.3) is 5.69 Å². The Labute approximate surface area is 252 Å². The fourth-order valence-corrected chi connectivity index (χ4v) is 5.22. The summed E-state index contributed by atoms with van der Waals surface area (Å²) in [6.07, 6.45) is 2.96. The number of methoxy groups -OCH3 is 2. The van der Waals surface area contributed by atoms with E-state index in [2.05, 4.69) is 15.1 Å². The number of rotatable bonds is 10. The fourth-order valence-electron chi connectivity index (χ4n) is 4.94. The number of hydrogen-bond donors (Lipinski definition) is 0. The Morgan fingerprint density at radius 3 is 2.56 bits per heavy atom. The predicted molar refractivity (Wildman–Crippen MR) is 156 cm³/mol. The standard InChI is InChI=1S/C30H30ClFN6O5/c1-7-43-29(40)25-24(26(16(2)3)38(36-25)23-14-34-30(42-6)35-27(23)41-5)21(17-8-9-18(13-33)22(32)12-17)11-19-10-20(31)15-37(4)28(19)39/h8-10,12,14-16,21H,7,11H2,1-6H3. The molecule has 0 saturated heterocycles. The second kappa shape index (κ2) is 13.0. The van der Waals surface area contributed by atoms with Crippen LogP contribution in [0.2, 0.25) is 5.02 Å². The second-order valence-electron chi connectivity index (χ2n) is 9.89. The summed E-state index contributed by atoms with van der Waals surface area (Å²) >= 11 is 6.32. The third kappa shape index (κ3) is 6.22. The predicted octanol–water partition coefficient (Wildman–Crippen LogP) is 4.72. The van der Waals surface area contributed by atoms with Gasteiger partial charge in [0, 0.05) is 30.3 Å². The van der Waals surface area contributed by atoms with E-state index in [-0.39, 0.29) is 47.7 Å². The summed E-state index contributed by atoms with van der Waals surface area (Å²) in [5.74, 6) is -2.41. The second-order valence-corrected chi connectivity index (χ2v) is 10.3. The van der Waals surface area contributed by atoms with Crippen molar-refractivity contribution in [3.8, 4) is 23.6 Å². The highest BCUT2D eigenvalue weighted by atomic mass is 35.5. The third-order valence-electron chi connectivity index (χ3n) is 6.81. The lowest BCUT2D eigenvalue weighted by molar-refractivity contribution is 0.0517. The molecule has 0 radical (unpaired) electrons. The largest absolute Gasteiger partial charge is 0.479 e. The van der Waals surface area contributed by atoms with Crippen LogP contribution in [0, 0.1) is 17.1 Å². The van der Waals surface area contributed by atoms with Crippen molar-refractivity contribution in [3.05, 3.63) is 91.5 Å². The summed E-state index contributed by atoms with van der Waals surface area (Å²) < 4.78 is 34.0. The molecule has 13 heteroatoms. The van der Waals surface area contributed by atoms with Crippen LogP contribution in [0.5, 0.6) is 11.9 Å². The Kier molecular flexibility index (Phi) is 9.46. The van der Waals surface area contributed by atoms with Crippen molar-refractivity contribution in [1.29, 1.82) is 5.26 Å². The van der Waals surface area contributed by atoms with Crippen LogP contribution in [0.3, 0.4) is 0 Å². The molecule has 0 bridgehead atoms. The SMILES string of the molecule is CCOC(=O)c1nn(-c2cnc(OC)nc2OC)c(C(C)C)c1C(Cc1cc(Cl)cn(C)c1=O)c1ccc(C#N)c(F)c1. The molecule has 3 heterocycles. The Morgan fingerprint density at radius 1 is 1.21 bits per heavy atom. The van der Waals surface area contributed by atoms with Crippen molar-refractivity contribution < 1.29 is 23.4 Å². The molecule has 0 spiro atoms. The molecular weight excluding hydrogens is 579 g/mol. The van der Waals surface area contributed by atoms with Gasteiger partial charge in [-0.2, -0.15) is 15.3 Å². The lowest BCUT2D eigenvalue weighted by Gasteiger charge is -2.22. The average molecular weight is 609 g/mol. The van der Waals surface area contributed by atoms with E-state index in [9.17, 15) is 14.9 Å². The molecule has 0 aliphatic heterocycles. The Balaban J connectivity index is 2.10. The Morgan fingerprint density at radius 2 is 1.95 bits per heavy atom. The topological polar surface area (TPSA) is 134 Å². The zero-order valence-electron chi connectivity index (χ0n) is 24.5. The summed E-state index contributed by atoms with van der Waals surface area (Å²) in [5, 5.41) is 14.3. The first-order chi connectivity index (χ1) is 20.5. The van der Waals surface area contributed by atoms with E-state index in [1.54, 1.807) is 26.1 Å². The molecule has 4 aromatic rings. The zero-order valence-corrected chi connectivity index (χ0v) is 25.3. The first kappa shape index (κ1) is 31.2. The van der Waals surface area contributed by atoms with Crippen LogP contribution in [0.4, 0.5) is 4.39 Å². The van der Waals surface area contributed by atoms with Crippen LogP contribution in [-0.2, 0) is 18.2 Å². The number of nitrogens with zero attached hydrogens (tertiary/aromatic N) is 6. The molecule has 43 heavy (non-hydrogen) atoms. The molecule has 1 aromatic carbocycles. The van der Waals surface area contributed by atoms with E-state index in [0.717, 1.165) is 0 Å². The van der Waals surface area contributed by atoms with Crippen LogP contribution >= 0.6 is 11.6 Å². The highest BCUT2D eigenvalue weighted by Gasteiger charge is 2.34. The third-order valence-corrected chi connectivity index (χ3v) is 7.01. The number of pyridine rings is 1. The number of halogens is 2. The minimum atomic E-state index is -0.802. The molecule has 4 rings (SSSR count). The van der Waals surface area contributed by atoms with Gasteiger partial charge < -0.3 is 18.8 Å². The van der Waals surface area contributed by atoms with Crippen molar-refractivity contribution in [2.24, 2.45) is 7.05 Å². The van der Waals surface area contributed by atoms with E-state index < -0.39 is 17.7 Å². The molecule has 0 amide bonds. The number of aromatic nitrogens is 5. The molecule has 1 atom stereocenters. The molecule has 1 unspecified atom stereocenters. The summed E-state index contributed by atoms with van der Waals surface area (Å²) in [4.78, 5) is 35.2. The van der Waals surface area contributed by atoms with E-state index in [1.165, 1.54) is 48.0 Å². The zero-order chi connectivity index (χ0) is 31.4. The molecule has 11 nitrogen and oxygen atoms in total. The number of esters is 1. The summed E-state index contributed by atoms with van der Waals surface area (Å²) in [6.45, 7) is 5.54. The highest BCUT2D eigenvalue weighted by Crippen LogP contribution is 2.39. The number of aryl methyl sites for hydroxylation is 1. The number of carbonyl (C=O) groups excluding carboxylic acids is 1. The summed E-state index contributed by atoms with van der Waals surface area (Å²) in [6, 6.07) is 7.61. The van der Waals surface area contributed by atoms with Gasteiger partial charge in [0.15, 0.2) is 5.69 Å². The Hall–Kier alpha value is -4.76. The lowest BCUT2D eigenvalue weighted by atomic mass is 9.82. The van der Waals surface area contributed by atoms with Gasteiger partial charge in [-0.3, -0.25) is 4.79 Å². The molecular formula is C30H30ClFN6O5. The van der Waals surface area contributed by atoms with Gasteiger partial charge in [0.25, 0.3) is 5.56 Å². The van der Waals surface area contributed by atoms with E-state index >= 15 is 4.39 Å². The average Bonchev–Trinajstić information content (AvgIpc) is 3.38. The van der Waals surface area contributed by atoms with Crippen LogP contribution in [0.1, 0.15) is 71.0 Å². The number of nitriles is 1. The number of ether oxygens (including phenoxy) is 3. The van der Waals surface area contributed by atoms with Crippen molar-refractivity contribution in [2.45, 2.75) is 39.0 Å². The Bertz CT molecular complexity index is 1780. The fraction of sp³-hybridized carbons (Fsp3) is 0.333. The van der Waals surface area contributed by atoms with Gasteiger partial charge in [-0.05, 0) is 43.0 Å². The van der Waals surface area contributed by atoms with Crippen molar-refractivity contribution >= 4 is 17.6 Å². The van der Waals surface area contributed by atoms with Gasteiger partial charge in [-0.25, -0.2) is 18.9 Å². The van der Waals surface area contributed by atoms with Crippen LogP contribution in [0.15, 0.2) is 41.5 Å². The maximum Gasteiger partial charge on any atom is 0.359 e. The minimum absolute atomic E-state index is 0.0205. The quantitative estimate of drug-likeness (QED) is 0.234. The lowest BCUT2D eigenvalue weighted by Crippen LogP contribution is -2.23. The maximum absolute atomic E-state index is 15.1. The number of carbonyl (C=O) groups is 1. The van der Waals surface area contributed by atoms with E-state index in [1.807, 2.05) is 19.9 Å². The number of benzene rings is 1. The highest BCUT2D eigenvalue weighted by molar-refractivity contribution is 6.30. The van der Waals surface area contributed by atoms with Gasteiger partial charge >= 0.3 is 12.0 Å². The molecule has 0 fully saturated rings. The molecule has 0 N–H and O–H groups in total. The molecule has 0 aliphatic rings. The molecule has 3 aromatic heterocycles. The van der Waals surface area contributed by atoms with Crippen LogP contribution in [-0.4, -0.2) is 51.1 Å². The van der Waals surface area contributed by atoms with Gasteiger partial charge in [0.05, 0.1) is 43.3 Å². The molecule has 0 saturated carbocycles. The summed E-state index contributed by atoms with van der Waals surface area (Å²) in [5.41, 5.74) is 1.48. The summed E-state index contributed by atoms with van der Waals surface area (Å²) in [7, 11) is 4.42. The maximum atomic E-state index is 15.1. The van der Waals surface area contributed by atoms with Gasteiger partial charge in [-0.15, -0.1) is 0 Å². The van der Waals surface area contributed by atoms with E-state index in [4.69, 9.17) is 25.8 Å². The first-order valence-electron chi connectivity index (χ1n) is 13.3. The van der Waals surface area contributed by atoms with Gasteiger partial charge in [-0.1, -0.05) is 31.5 Å². The smallest absolute Gasteiger partial charge is 0.359 e. The first-order valence-corrected chi connectivity index (χ1v) is 13.7. The van der Waals surface area contributed by atoms with E-state index in [0.29, 0.717) is 33.1 Å². The number of hydrogen-bond acceptors (Lipinski definition) is 9.